The lowest BCUT2D eigenvalue weighted by atomic mass is 9.77. The molecule has 0 amide bonds. The Morgan fingerprint density at radius 1 is 1.29 bits per heavy atom. The number of nitrogens with zero attached hydrogens (tertiary/aromatic N) is 2. The van der Waals surface area contributed by atoms with Gasteiger partial charge in [0.25, 0.3) is 0 Å². The maximum atomic E-state index is 6.05. The number of rotatable bonds is 2. The third kappa shape index (κ3) is 3.31. The molecule has 2 nitrogen and oxygen atoms in total. The second kappa shape index (κ2) is 5.83. The molecule has 1 aliphatic carbocycles. The van der Waals surface area contributed by atoms with Crippen LogP contribution in [0.4, 0.5) is 0 Å². The highest BCUT2D eigenvalue weighted by molar-refractivity contribution is 14.1. The molecule has 94 valence electrons. The minimum Gasteiger partial charge on any atom is -0.240 e. The van der Waals surface area contributed by atoms with Gasteiger partial charge in [0.2, 0.25) is 0 Å². The van der Waals surface area contributed by atoms with Crippen LogP contribution in [-0.2, 0) is 0 Å². The first kappa shape index (κ1) is 13.5. The Bertz CT molecular complexity index is 387. The molecule has 17 heavy (non-hydrogen) atoms. The summed E-state index contributed by atoms with van der Waals surface area (Å²) in [4.78, 5) is 8.84. The number of hydrogen-bond acceptors (Lipinski definition) is 2. The van der Waals surface area contributed by atoms with Gasteiger partial charge in [-0.15, -0.1) is 0 Å². The van der Waals surface area contributed by atoms with Crippen LogP contribution in [0.2, 0.25) is 5.15 Å². The molecular weight excluding hydrogens is 347 g/mol. The zero-order valence-electron chi connectivity index (χ0n) is 10.3. The molecule has 0 unspecified atom stereocenters. The Balaban J connectivity index is 2.03. The van der Waals surface area contributed by atoms with Crippen molar-refractivity contribution >= 4 is 34.2 Å². The van der Waals surface area contributed by atoms with E-state index in [9.17, 15) is 0 Å². The quantitative estimate of drug-likeness (QED) is 0.563. The average molecular weight is 365 g/mol. The van der Waals surface area contributed by atoms with Crippen molar-refractivity contribution in [1.82, 2.24) is 9.97 Å². The largest absolute Gasteiger partial charge is 0.240 e. The zero-order chi connectivity index (χ0) is 12.4. The van der Waals surface area contributed by atoms with E-state index in [2.05, 4.69) is 46.4 Å². The summed E-state index contributed by atoms with van der Waals surface area (Å²) in [6.45, 7) is 4.65. The van der Waals surface area contributed by atoms with Crippen molar-refractivity contribution in [2.45, 2.75) is 45.4 Å². The summed E-state index contributed by atoms with van der Waals surface area (Å²) in [7, 11) is 0. The zero-order valence-corrected chi connectivity index (χ0v) is 13.2. The first-order chi connectivity index (χ1) is 8.08. The van der Waals surface area contributed by atoms with Crippen LogP contribution in [0.1, 0.15) is 51.3 Å². The van der Waals surface area contributed by atoms with Crippen LogP contribution in [0.25, 0.3) is 0 Å². The number of halogens is 2. The summed E-state index contributed by atoms with van der Waals surface area (Å²) < 4.78 is 0.934. The van der Waals surface area contributed by atoms with E-state index in [4.69, 9.17) is 11.6 Å². The maximum Gasteiger partial charge on any atom is 0.146 e. The minimum absolute atomic E-state index is 0.513. The Labute approximate surface area is 122 Å². The van der Waals surface area contributed by atoms with E-state index >= 15 is 0 Å². The maximum absolute atomic E-state index is 6.05. The molecular formula is C13H18ClIN2. The molecule has 1 aromatic rings. The van der Waals surface area contributed by atoms with E-state index in [1.807, 2.05) is 6.20 Å². The van der Waals surface area contributed by atoms with Gasteiger partial charge in [-0.3, -0.25) is 0 Å². The van der Waals surface area contributed by atoms with E-state index in [0.717, 1.165) is 21.2 Å². The molecule has 2 rings (SSSR count). The van der Waals surface area contributed by atoms with E-state index in [-0.39, 0.29) is 0 Å². The molecule has 1 aliphatic rings. The van der Waals surface area contributed by atoms with Gasteiger partial charge in [0.15, 0.2) is 0 Å². The molecule has 0 aromatic carbocycles. The number of hydrogen-bond donors (Lipinski definition) is 0. The minimum atomic E-state index is 0.513. The molecule has 0 saturated heterocycles. The van der Waals surface area contributed by atoms with Gasteiger partial charge in [-0.2, -0.15) is 0 Å². The third-order valence-electron chi connectivity index (χ3n) is 3.80. The number of aromatic nitrogens is 2. The molecule has 0 bridgehead atoms. The van der Waals surface area contributed by atoms with Crippen molar-refractivity contribution in [3.63, 3.8) is 0 Å². The van der Waals surface area contributed by atoms with Gasteiger partial charge in [0, 0.05) is 12.1 Å². The first-order valence-corrected chi connectivity index (χ1v) is 7.71. The molecule has 1 aromatic heterocycles. The second-order valence-electron chi connectivity index (χ2n) is 5.22. The third-order valence-corrected chi connectivity index (χ3v) is 5.20. The van der Waals surface area contributed by atoms with Crippen LogP contribution < -0.4 is 0 Å². The van der Waals surface area contributed by atoms with Crippen LogP contribution in [0.15, 0.2) is 6.20 Å². The highest BCUT2D eigenvalue weighted by Crippen LogP contribution is 2.37. The average Bonchev–Trinajstić information content (AvgIpc) is 2.33. The van der Waals surface area contributed by atoms with E-state index in [1.54, 1.807) is 0 Å². The molecule has 0 atom stereocenters. The Morgan fingerprint density at radius 3 is 2.47 bits per heavy atom. The van der Waals surface area contributed by atoms with E-state index in [0.29, 0.717) is 11.1 Å². The SMILES string of the molecule is CC(C)C1CCC(c2ncc(I)c(Cl)n2)CC1. The van der Waals surface area contributed by atoms with Crippen molar-refractivity contribution in [3.05, 3.63) is 20.7 Å². The van der Waals surface area contributed by atoms with Crippen LogP contribution >= 0.6 is 34.2 Å². The standard InChI is InChI=1S/C13H18ClIN2/c1-8(2)9-3-5-10(6-4-9)13-16-7-11(15)12(14)17-13/h7-10H,3-6H2,1-2H3. The van der Waals surface area contributed by atoms with Crippen LogP contribution in [-0.4, -0.2) is 9.97 Å². The van der Waals surface area contributed by atoms with Gasteiger partial charge in [0.05, 0.1) is 3.57 Å². The van der Waals surface area contributed by atoms with E-state index < -0.39 is 0 Å². The monoisotopic (exact) mass is 364 g/mol. The van der Waals surface area contributed by atoms with Gasteiger partial charge in [0.1, 0.15) is 11.0 Å². The lowest BCUT2D eigenvalue weighted by Crippen LogP contribution is -2.19. The summed E-state index contributed by atoms with van der Waals surface area (Å²) in [5.41, 5.74) is 0. The predicted octanol–water partition coefficient (Wildman–Crippen LogP) is 4.66. The van der Waals surface area contributed by atoms with Gasteiger partial charge in [-0.1, -0.05) is 25.4 Å². The summed E-state index contributed by atoms with van der Waals surface area (Å²) >= 11 is 8.22. The molecule has 1 fully saturated rings. The van der Waals surface area contributed by atoms with Gasteiger partial charge in [-0.05, 0) is 60.1 Å². The van der Waals surface area contributed by atoms with Crippen molar-refractivity contribution in [3.8, 4) is 0 Å². The van der Waals surface area contributed by atoms with E-state index in [1.165, 1.54) is 25.7 Å². The topological polar surface area (TPSA) is 25.8 Å². The Morgan fingerprint density at radius 2 is 1.94 bits per heavy atom. The van der Waals surface area contributed by atoms with Crippen molar-refractivity contribution in [2.24, 2.45) is 11.8 Å². The second-order valence-corrected chi connectivity index (χ2v) is 6.74. The highest BCUT2D eigenvalue weighted by Gasteiger charge is 2.26. The molecule has 4 heteroatoms. The first-order valence-electron chi connectivity index (χ1n) is 6.26. The molecule has 1 saturated carbocycles. The fourth-order valence-corrected chi connectivity index (χ4v) is 2.99. The lowest BCUT2D eigenvalue weighted by Gasteiger charge is -2.30. The summed E-state index contributed by atoms with van der Waals surface area (Å²) in [5.74, 6) is 3.14. The molecule has 0 aliphatic heterocycles. The van der Waals surface area contributed by atoms with Gasteiger partial charge >= 0.3 is 0 Å². The lowest BCUT2D eigenvalue weighted by molar-refractivity contribution is 0.254. The highest BCUT2D eigenvalue weighted by atomic mass is 127. The summed E-state index contributed by atoms with van der Waals surface area (Å²) in [6, 6.07) is 0. The fourth-order valence-electron chi connectivity index (χ4n) is 2.60. The molecule has 0 N–H and O–H groups in total. The van der Waals surface area contributed by atoms with Gasteiger partial charge < -0.3 is 0 Å². The van der Waals surface area contributed by atoms with Crippen LogP contribution in [0.3, 0.4) is 0 Å². The molecule has 0 spiro atoms. The van der Waals surface area contributed by atoms with Crippen LogP contribution in [0, 0.1) is 15.4 Å². The molecule has 1 heterocycles. The van der Waals surface area contributed by atoms with Crippen molar-refractivity contribution in [1.29, 1.82) is 0 Å². The Hall–Kier alpha value is 0.1000. The van der Waals surface area contributed by atoms with Crippen molar-refractivity contribution in [2.75, 3.05) is 0 Å². The summed E-state index contributed by atoms with van der Waals surface area (Å²) in [6.07, 6.45) is 6.85. The Kier molecular flexibility index (Phi) is 4.64. The smallest absolute Gasteiger partial charge is 0.146 e. The normalized spacial score (nSPS) is 25.2. The molecule has 0 radical (unpaired) electrons. The summed E-state index contributed by atoms with van der Waals surface area (Å²) in [5, 5.41) is 0.599. The van der Waals surface area contributed by atoms with Crippen molar-refractivity contribution < 1.29 is 0 Å². The van der Waals surface area contributed by atoms with Crippen LogP contribution in [0.5, 0.6) is 0 Å². The van der Waals surface area contributed by atoms with Gasteiger partial charge in [-0.25, -0.2) is 9.97 Å². The predicted molar refractivity (Wildman–Crippen MR) is 79.3 cm³/mol. The fraction of sp³-hybridized carbons (Fsp3) is 0.692.